The molecule has 2 saturated heterocycles. The normalized spacial score (nSPS) is 22.9. The van der Waals surface area contributed by atoms with Gasteiger partial charge in [0.15, 0.2) is 0 Å². The number of aryl methyl sites for hydroxylation is 3. The van der Waals surface area contributed by atoms with Crippen LogP contribution in [0.2, 0.25) is 0 Å². The van der Waals surface area contributed by atoms with Crippen molar-refractivity contribution in [2.75, 3.05) is 44.2 Å². The van der Waals surface area contributed by atoms with Crippen LogP contribution in [0.3, 0.4) is 0 Å². The van der Waals surface area contributed by atoms with E-state index in [1.807, 2.05) is 32.9 Å². The molecule has 0 bridgehead atoms. The average Bonchev–Trinajstić information content (AvgIpc) is 2.83. The lowest BCUT2D eigenvalue weighted by atomic mass is 10.0. The van der Waals surface area contributed by atoms with Crippen LogP contribution in [0.1, 0.15) is 23.1 Å². The van der Waals surface area contributed by atoms with Gasteiger partial charge in [-0.1, -0.05) is 17.7 Å². The van der Waals surface area contributed by atoms with E-state index < -0.39 is 0 Å². The number of benzene rings is 1. The van der Waals surface area contributed by atoms with Gasteiger partial charge >= 0.3 is 0 Å². The minimum atomic E-state index is -0.358. The Kier molecular flexibility index (Phi) is 5.22. The van der Waals surface area contributed by atoms with E-state index in [4.69, 9.17) is 5.11 Å². The minimum Gasteiger partial charge on any atom is -0.395 e. The molecule has 1 aromatic carbocycles. The zero-order chi connectivity index (χ0) is 18.1. The van der Waals surface area contributed by atoms with Crippen LogP contribution in [-0.4, -0.2) is 72.1 Å². The third-order valence-corrected chi connectivity index (χ3v) is 5.25. The van der Waals surface area contributed by atoms with E-state index in [9.17, 15) is 9.59 Å². The molecule has 1 aromatic rings. The molecule has 1 unspecified atom stereocenters. The molecule has 2 aliphatic heterocycles. The van der Waals surface area contributed by atoms with Crippen molar-refractivity contribution in [1.29, 1.82) is 0 Å². The lowest BCUT2D eigenvalue weighted by Gasteiger charge is -2.36. The van der Waals surface area contributed by atoms with Crippen LogP contribution in [0.15, 0.2) is 12.1 Å². The zero-order valence-electron chi connectivity index (χ0n) is 15.3. The summed E-state index contributed by atoms with van der Waals surface area (Å²) in [5.74, 6) is -0.210. The average molecular weight is 345 g/mol. The quantitative estimate of drug-likeness (QED) is 0.820. The second-order valence-electron chi connectivity index (χ2n) is 7.14. The summed E-state index contributed by atoms with van der Waals surface area (Å²) in [5, 5.41) is 9.04. The number of carbonyl (C=O) groups excluding carboxylic acids is 2. The Bertz CT molecular complexity index is 657. The number of anilines is 1. The molecule has 0 spiro atoms. The topological polar surface area (TPSA) is 64.1 Å². The first-order valence-electron chi connectivity index (χ1n) is 8.94. The summed E-state index contributed by atoms with van der Waals surface area (Å²) in [6, 6.07) is 3.68. The van der Waals surface area contributed by atoms with Gasteiger partial charge in [0.25, 0.3) is 5.91 Å². The molecule has 1 atom stereocenters. The largest absolute Gasteiger partial charge is 0.395 e. The summed E-state index contributed by atoms with van der Waals surface area (Å²) in [6.45, 7) is 9.90. The summed E-state index contributed by atoms with van der Waals surface area (Å²) < 4.78 is 0. The SMILES string of the molecule is Cc1cc(C)c(N2C(=O)CC(N3CCN(CCO)CC3)C2=O)c(C)c1. The van der Waals surface area contributed by atoms with Crippen LogP contribution in [-0.2, 0) is 9.59 Å². The van der Waals surface area contributed by atoms with Gasteiger partial charge in [0.2, 0.25) is 5.91 Å². The van der Waals surface area contributed by atoms with Gasteiger partial charge in [-0.25, -0.2) is 4.90 Å². The van der Waals surface area contributed by atoms with Gasteiger partial charge in [0.1, 0.15) is 0 Å². The van der Waals surface area contributed by atoms with Gasteiger partial charge in [0.05, 0.1) is 24.8 Å². The fourth-order valence-corrected chi connectivity index (χ4v) is 4.10. The number of carbonyl (C=O) groups is 2. The molecule has 2 aliphatic rings. The van der Waals surface area contributed by atoms with Crippen molar-refractivity contribution in [1.82, 2.24) is 9.80 Å². The van der Waals surface area contributed by atoms with Crippen molar-refractivity contribution in [3.63, 3.8) is 0 Å². The second kappa shape index (κ2) is 7.23. The summed E-state index contributed by atoms with van der Waals surface area (Å²) >= 11 is 0. The van der Waals surface area contributed by atoms with Crippen LogP contribution in [0, 0.1) is 20.8 Å². The van der Waals surface area contributed by atoms with Gasteiger partial charge in [-0.3, -0.25) is 19.4 Å². The molecule has 1 N–H and O–H groups in total. The number of amides is 2. The minimum absolute atomic E-state index is 0.101. The maximum absolute atomic E-state index is 13.0. The molecule has 6 nitrogen and oxygen atoms in total. The number of aliphatic hydroxyl groups is 1. The first-order chi connectivity index (χ1) is 11.9. The molecule has 0 aliphatic carbocycles. The molecule has 6 heteroatoms. The van der Waals surface area contributed by atoms with Crippen LogP contribution >= 0.6 is 0 Å². The van der Waals surface area contributed by atoms with Crippen LogP contribution in [0.5, 0.6) is 0 Å². The Morgan fingerprint density at radius 1 is 1.04 bits per heavy atom. The number of nitrogens with zero attached hydrogens (tertiary/aromatic N) is 3. The number of hydrogen-bond donors (Lipinski definition) is 1. The Labute approximate surface area is 149 Å². The van der Waals surface area contributed by atoms with Gasteiger partial charge in [-0.15, -0.1) is 0 Å². The Morgan fingerprint density at radius 2 is 1.64 bits per heavy atom. The van der Waals surface area contributed by atoms with Gasteiger partial charge < -0.3 is 5.11 Å². The smallest absolute Gasteiger partial charge is 0.251 e. The fourth-order valence-electron chi connectivity index (χ4n) is 4.10. The molecule has 0 radical (unpaired) electrons. The Hall–Kier alpha value is -1.76. The number of hydrogen-bond acceptors (Lipinski definition) is 5. The third-order valence-electron chi connectivity index (χ3n) is 5.25. The van der Waals surface area contributed by atoms with E-state index in [1.54, 1.807) is 0 Å². The highest BCUT2D eigenvalue weighted by Crippen LogP contribution is 2.32. The molecule has 0 saturated carbocycles. The van der Waals surface area contributed by atoms with Gasteiger partial charge in [0, 0.05) is 32.7 Å². The predicted molar refractivity (Wildman–Crippen MR) is 96.6 cm³/mol. The van der Waals surface area contributed by atoms with E-state index in [2.05, 4.69) is 9.80 Å². The standard InChI is InChI=1S/C19H27N3O3/c1-13-10-14(2)18(15(3)11-13)22-17(24)12-16(19(22)25)21-6-4-20(5-7-21)8-9-23/h10-11,16,23H,4-9,12H2,1-3H3. The molecular formula is C19H27N3O3. The van der Waals surface area contributed by atoms with E-state index in [0.29, 0.717) is 6.54 Å². The summed E-state index contributed by atoms with van der Waals surface area (Å²) in [6.07, 6.45) is 0.256. The maximum Gasteiger partial charge on any atom is 0.251 e. The van der Waals surface area contributed by atoms with E-state index in [1.165, 1.54) is 4.90 Å². The van der Waals surface area contributed by atoms with Crippen LogP contribution in [0.4, 0.5) is 5.69 Å². The monoisotopic (exact) mass is 345 g/mol. The highest BCUT2D eigenvalue weighted by Gasteiger charge is 2.44. The van der Waals surface area contributed by atoms with Crippen molar-refractivity contribution < 1.29 is 14.7 Å². The fraction of sp³-hybridized carbons (Fsp3) is 0.579. The molecule has 136 valence electrons. The molecule has 0 aromatic heterocycles. The molecule has 3 rings (SSSR count). The first kappa shape index (κ1) is 18.0. The number of piperazine rings is 1. The second-order valence-corrected chi connectivity index (χ2v) is 7.14. The Morgan fingerprint density at radius 3 is 2.20 bits per heavy atom. The molecule has 2 fully saturated rings. The third kappa shape index (κ3) is 3.47. The van der Waals surface area contributed by atoms with E-state index in [-0.39, 0.29) is 30.9 Å². The predicted octanol–water partition coefficient (Wildman–Crippen LogP) is 0.854. The number of imide groups is 1. The van der Waals surface area contributed by atoms with E-state index >= 15 is 0 Å². The van der Waals surface area contributed by atoms with Crippen LogP contribution < -0.4 is 4.90 Å². The summed E-state index contributed by atoms with van der Waals surface area (Å²) in [5.41, 5.74) is 3.82. The summed E-state index contributed by atoms with van der Waals surface area (Å²) in [7, 11) is 0. The van der Waals surface area contributed by atoms with Crippen molar-refractivity contribution in [3.05, 3.63) is 28.8 Å². The molecule has 2 amide bonds. The molecule has 25 heavy (non-hydrogen) atoms. The molecular weight excluding hydrogens is 318 g/mol. The first-order valence-corrected chi connectivity index (χ1v) is 8.94. The highest BCUT2D eigenvalue weighted by atomic mass is 16.3. The number of rotatable bonds is 4. The zero-order valence-corrected chi connectivity index (χ0v) is 15.3. The lowest BCUT2D eigenvalue weighted by molar-refractivity contribution is -0.123. The number of β-amino-alcohol motifs (C(OH)–C–C–N with tert-alkyl or cyclic N) is 1. The molecule has 2 heterocycles. The number of aliphatic hydroxyl groups excluding tert-OH is 1. The van der Waals surface area contributed by atoms with E-state index in [0.717, 1.165) is 48.6 Å². The van der Waals surface area contributed by atoms with Crippen molar-refractivity contribution in [2.45, 2.75) is 33.2 Å². The van der Waals surface area contributed by atoms with Crippen molar-refractivity contribution in [3.8, 4) is 0 Å². The van der Waals surface area contributed by atoms with Crippen molar-refractivity contribution in [2.24, 2.45) is 0 Å². The Balaban J connectivity index is 1.78. The van der Waals surface area contributed by atoms with Crippen LogP contribution in [0.25, 0.3) is 0 Å². The highest BCUT2D eigenvalue weighted by molar-refractivity contribution is 6.23. The lowest BCUT2D eigenvalue weighted by Crippen LogP contribution is -2.53. The summed E-state index contributed by atoms with van der Waals surface area (Å²) in [4.78, 5) is 31.4. The van der Waals surface area contributed by atoms with Gasteiger partial charge in [-0.2, -0.15) is 0 Å². The van der Waals surface area contributed by atoms with Crippen molar-refractivity contribution >= 4 is 17.5 Å². The van der Waals surface area contributed by atoms with Gasteiger partial charge in [-0.05, 0) is 31.9 Å². The maximum atomic E-state index is 13.0.